The van der Waals surface area contributed by atoms with E-state index in [1.54, 1.807) is 23.3 Å². The Labute approximate surface area is 134 Å². The fourth-order valence-corrected chi connectivity index (χ4v) is 3.65. The Morgan fingerprint density at radius 2 is 2.05 bits per heavy atom. The number of thiophene rings is 1. The molecule has 2 atom stereocenters. The molecule has 1 N–H and O–H groups in total. The molecule has 0 spiro atoms. The van der Waals surface area contributed by atoms with Crippen LogP contribution in [0.4, 0.5) is 4.79 Å². The average Bonchev–Trinajstić information content (AvgIpc) is 3.10. The maximum absolute atomic E-state index is 12.9. The summed E-state index contributed by atoms with van der Waals surface area (Å²) < 4.78 is 0. The molecule has 0 aromatic carbocycles. The van der Waals surface area contributed by atoms with Crippen molar-refractivity contribution in [2.24, 2.45) is 5.92 Å². The lowest BCUT2D eigenvalue weighted by Crippen LogP contribution is -2.45. The first-order chi connectivity index (χ1) is 10.4. The highest BCUT2D eigenvalue weighted by Gasteiger charge is 2.44. The normalized spacial score (nSPS) is 23.2. The molecule has 2 aliphatic heterocycles. The van der Waals surface area contributed by atoms with E-state index < -0.39 is 0 Å². The molecule has 1 aromatic heterocycles. The molecule has 0 unspecified atom stereocenters. The topological polar surface area (TPSA) is 52.7 Å². The molecule has 0 bridgehead atoms. The Bertz CT molecular complexity index is 636. The van der Waals surface area contributed by atoms with Crippen LogP contribution in [0.25, 0.3) is 0 Å². The molecule has 0 fully saturated rings. The van der Waals surface area contributed by atoms with E-state index in [0.717, 1.165) is 11.3 Å². The molecule has 0 saturated carbocycles. The minimum atomic E-state index is -0.332. The molecule has 118 valence electrons. The number of rotatable bonds is 3. The molecule has 0 aliphatic carbocycles. The summed E-state index contributed by atoms with van der Waals surface area (Å²) in [5, 5.41) is 6.90. The lowest BCUT2D eigenvalue weighted by molar-refractivity contribution is -0.128. The van der Waals surface area contributed by atoms with Gasteiger partial charge in [0.15, 0.2) is 0 Å². The Morgan fingerprint density at radius 3 is 2.64 bits per heavy atom. The number of hydrogen-bond donors (Lipinski definition) is 1. The summed E-state index contributed by atoms with van der Waals surface area (Å²) in [6.07, 6.45) is 0. The van der Waals surface area contributed by atoms with Gasteiger partial charge in [0.05, 0.1) is 23.9 Å². The van der Waals surface area contributed by atoms with Gasteiger partial charge in [0, 0.05) is 13.1 Å². The molecular weight excluding hydrogens is 298 g/mol. The van der Waals surface area contributed by atoms with Gasteiger partial charge in [-0.3, -0.25) is 9.69 Å². The van der Waals surface area contributed by atoms with Crippen molar-refractivity contribution in [1.29, 1.82) is 0 Å². The van der Waals surface area contributed by atoms with Gasteiger partial charge in [0.2, 0.25) is 0 Å². The van der Waals surface area contributed by atoms with Crippen molar-refractivity contribution in [2.75, 3.05) is 13.6 Å². The van der Waals surface area contributed by atoms with Crippen LogP contribution in [-0.2, 0) is 4.79 Å². The maximum Gasteiger partial charge on any atom is 0.322 e. The van der Waals surface area contributed by atoms with Crippen LogP contribution in [-0.4, -0.2) is 41.4 Å². The van der Waals surface area contributed by atoms with Crippen LogP contribution < -0.4 is 5.32 Å². The number of amides is 3. The quantitative estimate of drug-likeness (QED) is 0.931. The van der Waals surface area contributed by atoms with Crippen LogP contribution in [0.3, 0.4) is 0 Å². The van der Waals surface area contributed by atoms with E-state index in [4.69, 9.17) is 0 Å². The number of nitrogens with zero attached hydrogens (tertiary/aromatic N) is 2. The van der Waals surface area contributed by atoms with E-state index in [0.29, 0.717) is 18.0 Å². The SMILES string of the molecule is CC(C)[C@H](C)N1CC2=C(C1=O)[C@H](c1ccsc1)NC(=O)N2C. The van der Waals surface area contributed by atoms with Crippen molar-refractivity contribution in [3.05, 3.63) is 33.7 Å². The summed E-state index contributed by atoms with van der Waals surface area (Å²) in [5.41, 5.74) is 2.52. The summed E-state index contributed by atoms with van der Waals surface area (Å²) in [4.78, 5) is 28.6. The highest BCUT2D eigenvalue weighted by Crippen LogP contribution is 2.37. The van der Waals surface area contributed by atoms with Crippen LogP contribution in [0.15, 0.2) is 28.1 Å². The number of likely N-dealkylation sites (N-methyl/N-ethyl adjacent to an activating group) is 1. The zero-order valence-corrected chi connectivity index (χ0v) is 14.1. The van der Waals surface area contributed by atoms with Gasteiger partial charge in [-0.15, -0.1) is 0 Å². The zero-order valence-electron chi connectivity index (χ0n) is 13.3. The summed E-state index contributed by atoms with van der Waals surface area (Å²) in [7, 11) is 1.73. The van der Waals surface area contributed by atoms with Crippen LogP contribution in [0.5, 0.6) is 0 Å². The van der Waals surface area contributed by atoms with Crippen LogP contribution >= 0.6 is 11.3 Å². The summed E-state index contributed by atoms with van der Waals surface area (Å²) in [6, 6.07) is 1.63. The lowest BCUT2D eigenvalue weighted by atomic mass is 9.98. The molecule has 22 heavy (non-hydrogen) atoms. The van der Waals surface area contributed by atoms with Gasteiger partial charge in [-0.1, -0.05) is 13.8 Å². The predicted octanol–water partition coefficient (Wildman–Crippen LogP) is 2.59. The average molecular weight is 319 g/mol. The van der Waals surface area contributed by atoms with Crippen molar-refractivity contribution < 1.29 is 9.59 Å². The summed E-state index contributed by atoms with van der Waals surface area (Å²) >= 11 is 1.57. The van der Waals surface area contributed by atoms with E-state index in [1.807, 2.05) is 21.7 Å². The zero-order chi connectivity index (χ0) is 16.0. The number of carbonyl (C=O) groups is 2. The van der Waals surface area contributed by atoms with Crippen LogP contribution in [0.2, 0.25) is 0 Å². The molecule has 5 nitrogen and oxygen atoms in total. The first kappa shape index (κ1) is 15.1. The van der Waals surface area contributed by atoms with Gasteiger partial charge in [-0.05, 0) is 35.2 Å². The van der Waals surface area contributed by atoms with Gasteiger partial charge in [0.25, 0.3) is 5.91 Å². The minimum Gasteiger partial charge on any atom is -0.330 e. The van der Waals surface area contributed by atoms with E-state index in [2.05, 4.69) is 26.1 Å². The predicted molar refractivity (Wildman–Crippen MR) is 86.4 cm³/mol. The van der Waals surface area contributed by atoms with Crippen LogP contribution in [0.1, 0.15) is 32.4 Å². The van der Waals surface area contributed by atoms with Crippen molar-refractivity contribution in [3.63, 3.8) is 0 Å². The summed E-state index contributed by atoms with van der Waals surface area (Å²) in [5.74, 6) is 0.415. The van der Waals surface area contributed by atoms with Crippen molar-refractivity contribution in [1.82, 2.24) is 15.1 Å². The van der Waals surface area contributed by atoms with Gasteiger partial charge in [0.1, 0.15) is 0 Å². The Kier molecular flexibility index (Phi) is 3.72. The first-order valence-corrected chi connectivity index (χ1v) is 8.46. The number of hydrogen-bond acceptors (Lipinski definition) is 3. The molecular formula is C16H21N3O2S. The maximum atomic E-state index is 12.9. The second-order valence-corrected chi connectivity index (χ2v) is 7.06. The van der Waals surface area contributed by atoms with Gasteiger partial charge in [-0.25, -0.2) is 4.79 Å². The monoisotopic (exact) mass is 319 g/mol. The number of carbonyl (C=O) groups excluding carboxylic acids is 2. The van der Waals surface area contributed by atoms with Crippen molar-refractivity contribution in [2.45, 2.75) is 32.9 Å². The second-order valence-electron chi connectivity index (χ2n) is 6.28. The standard InChI is InChI=1S/C16H21N3O2S/c1-9(2)10(3)19-7-12-13(15(19)20)14(11-5-6-22-8-11)17-16(21)18(12)4/h5-6,8-10,14H,7H2,1-4H3,(H,17,21)/t10-,14-/m0/s1. The van der Waals surface area contributed by atoms with Gasteiger partial charge < -0.3 is 10.2 Å². The van der Waals surface area contributed by atoms with Gasteiger partial charge in [-0.2, -0.15) is 11.3 Å². The van der Waals surface area contributed by atoms with E-state index >= 15 is 0 Å². The third-order valence-corrected chi connectivity index (χ3v) is 5.42. The molecule has 0 radical (unpaired) electrons. The molecule has 2 aliphatic rings. The lowest BCUT2D eigenvalue weighted by Gasteiger charge is -2.30. The molecule has 3 heterocycles. The van der Waals surface area contributed by atoms with E-state index in [1.165, 1.54) is 0 Å². The third kappa shape index (κ3) is 2.22. The fraction of sp³-hybridized carbons (Fsp3) is 0.500. The van der Waals surface area contributed by atoms with E-state index in [-0.39, 0.29) is 24.0 Å². The molecule has 3 amide bonds. The fourth-order valence-electron chi connectivity index (χ4n) is 2.97. The summed E-state index contributed by atoms with van der Waals surface area (Å²) in [6.45, 7) is 6.80. The van der Waals surface area contributed by atoms with Crippen molar-refractivity contribution >= 4 is 23.3 Å². The Hall–Kier alpha value is -1.82. The Morgan fingerprint density at radius 1 is 1.32 bits per heavy atom. The Balaban J connectivity index is 2.00. The molecule has 6 heteroatoms. The molecule has 0 saturated heterocycles. The van der Waals surface area contributed by atoms with E-state index in [9.17, 15) is 9.59 Å². The minimum absolute atomic E-state index is 0.0410. The smallest absolute Gasteiger partial charge is 0.322 e. The second kappa shape index (κ2) is 5.43. The molecule has 3 rings (SSSR count). The van der Waals surface area contributed by atoms with Gasteiger partial charge >= 0.3 is 6.03 Å². The largest absolute Gasteiger partial charge is 0.330 e. The number of urea groups is 1. The number of nitrogens with one attached hydrogen (secondary N) is 1. The molecule has 1 aromatic rings. The third-order valence-electron chi connectivity index (χ3n) is 4.72. The highest BCUT2D eigenvalue weighted by atomic mass is 32.1. The van der Waals surface area contributed by atoms with Crippen molar-refractivity contribution in [3.8, 4) is 0 Å². The highest BCUT2D eigenvalue weighted by molar-refractivity contribution is 7.08. The first-order valence-electron chi connectivity index (χ1n) is 7.52. The van der Waals surface area contributed by atoms with Crippen LogP contribution in [0, 0.1) is 5.92 Å².